The van der Waals surface area contributed by atoms with Gasteiger partial charge in [-0.15, -0.1) is 6.58 Å². The first kappa shape index (κ1) is 22.5. The number of Topliss-reactive ketones (excluding diaryl/α,β-unsaturated/α-hetero) is 1. The quantitative estimate of drug-likeness (QED) is 0.490. The van der Waals surface area contributed by atoms with Gasteiger partial charge in [0.15, 0.2) is 5.78 Å². The molecule has 0 N–H and O–H groups in total. The van der Waals surface area contributed by atoms with E-state index in [2.05, 4.69) is 6.58 Å². The third-order valence-electron chi connectivity index (χ3n) is 7.21. The van der Waals surface area contributed by atoms with E-state index in [1.54, 1.807) is 30.3 Å². The predicted octanol–water partition coefficient (Wildman–Crippen LogP) is 5.25. The summed E-state index contributed by atoms with van der Waals surface area (Å²) in [5, 5.41) is 0. The second-order valence-electron chi connectivity index (χ2n) is 9.08. The van der Waals surface area contributed by atoms with Gasteiger partial charge in [0, 0.05) is 24.6 Å². The minimum atomic E-state index is -3.68. The Morgan fingerprint density at radius 3 is 2.35 bits per heavy atom. The van der Waals surface area contributed by atoms with Gasteiger partial charge in [-0.25, -0.2) is 8.42 Å². The number of hydrogen-bond donors (Lipinski definition) is 0. The summed E-state index contributed by atoms with van der Waals surface area (Å²) in [5.74, 6) is -0.322. The number of allylic oxidation sites excluding steroid dienone is 1. The lowest BCUT2D eigenvalue weighted by Crippen LogP contribution is -2.55. The smallest absolute Gasteiger partial charge is 0.243 e. The van der Waals surface area contributed by atoms with E-state index in [1.165, 1.54) is 4.31 Å². The number of carbonyl (C=O) groups is 1. The van der Waals surface area contributed by atoms with Crippen LogP contribution in [0.5, 0.6) is 0 Å². The molecule has 34 heavy (non-hydrogen) atoms. The van der Waals surface area contributed by atoms with Crippen LogP contribution in [0.25, 0.3) is 11.6 Å². The third-order valence-corrected chi connectivity index (χ3v) is 9.09. The highest BCUT2D eigenvalue weighted by Gasteiger charge is 2.53. The Labute approximate surface area is 201 Å². The predicted molar refractivity (Wildman–Crippen MR) is 136 cm³/mol. The number of aryl methyl sites for hydroxylation is 1. The Morgan fingerprint density at radius 1 is 0.971 bits per heavy atom. The van der Waals surface area contributed by atoms with Crippen LogP contribution in [-0.4, -0.2) is 31.6 Å². The van der Waals surface area contributed by atoms with Crippen LogP contribution in [-0.2, 0) is 20.2 Å². The zero-order chi connectivity index (χ0) is 23.9. The lowest BCUT2D eigenvalue weighted by atomic mass is 9.58. The minimum absolute atomic E-state index is 0.0367. The molecule has 4 nitrogen and oxygen atoms in total. The maximum absolute atomic E-state index is 14.2. The van der Waals surface area contributed by atoms with Crippen molar-refractivity contribution in [1.29, 1.82) is 0 Å². The van der Waals surface area contributed by atoms with Gasteiger partial charge >= 0.3 is 0 Å². The van der Waals surface area contributed by atoms with Gasteiger partial charge in [0.2, 0.25) is 10.0 Å². The molecule has 3 aromatic carbocycles. The van der Waals surface area contributed by atoms with Crippen LogP contribution in [0, 0.1) is 12.8 Å². The van der Waals surface area contributed by atoms with E-state index in [9.17, 15) is 13.2 Å². The van der Waals surface area contributed by atoms with Crippen LogP contribution >= 0.6 is 0 Å². The minimum Gasteiger partial charge on any atom is -0.293 e. The molecule has 0 bridgehead atoms. The van der Waals surface area contributed by atoms with Crippen LogP contribution < -0.4 is 0 Å². The highest BCUT2D eigenvalue weighted by Crippen LogP contribution is 2.49. The summed E-state index contributed by atoms with van der Waals surface area (Å²) < 4.78 is 28.4. The van der Waals surface area contributed by atoms with Crippen LogP contribution in [0.15, 0.2) is 96.4 Å². The maximum atomic E-state index is 14.2. The summed E-state index contributed by atoms with van der Waals surface area (Å²) in [6, 6.07) is 24.6. The number of rotatable bonds is 4. The lowest BCUT2D eigenvalue weighted by Gasteiger charge is -2.48. The summed E-state index contributed by atoms with van der Waals surface area (Å²) in [4.78, 5) is 14.5. The summed E-state index contributed by atoms with van der Waals surface area (Å²) in [6.45, 7) is 6.45. The topological polar surface area (TPSA) is 54.5 Å². The number of piperidine rings is 1. The zero-order valence-corrected chi connectivity index (χ0v) is 20.0. The standard InChI is InChI=1S/C29H27NO3S/c1-3-24-20-30(34(32,33)25-15-13-21(2)14-16-25)18-17-29(24)27-12-8-7-11-23(27)19-26(28(29)31)22-9-5-4-6-10-22/h3-16,19,24H,1,17-18,20H2,2H3/t24-,29+/m1/s1. The van der Waals surface area contributed by atoms with Crippen LogP contribution in [0.3, 0.4) is 0 Å². The molecule has 172 valence electrons. The van der Waals surface area contributed by atoms with E-state index in [1.807, 2.05) is 67.6 Å². The zero-order valence-electron chi connectivity index (χ0n) is 19.1. The molecule has 3 aromatic rings. The maximum Gasteiger partial charge on any atom is 0.243 e. The Kier molecular flexibility index (Phi) is 5.62. The molecule has 5 rings (SSSR count). The van der Waals surface area contributed by atoms with E-state index in [4.69, 9.17) is 0 Å². The molecule has 1 aliphatic carbocycles. The van der Waals surface area contributed by atoms with Crippen molar-refractivity contribution in [2.24, 2.45) is 5.92 Å². The Hall–Kier alpha value is -3.28. The summed E-state index contributed by atoms with van der Waals surface area (Å²) in [6.07, 6.45) is 4.13. The van der Waals surface area contributed by atoms with E-state index >= 15 is 0 Å². The van der Waals surface area contributed by atoms with E-state index in [-0.39, 0.29) is 29.7 Å². The number of benzene rings is 3. The summed E-state index contributed by atoms with van der Waals surface area (Å²) in [7, 11) is -3.68. The Balaban J connectivity index is 1.58. The Bertz CT molecular complexity index is 1390. The van der Waals surface area contributed by atoms with Crippen molar-refractivity contribution in [1.82, 2.24) is 4.31 Å². The second kappa shape index (κ2) is 8.49. The molecular weight excluding hydrogens is 442 g/mol. The largest absolute Gasteiger partial charge is 0.293 e. The highest BCUT2D eigenvalue weighted by molar-refractivity contribution is 7.89. The number of fused-ring (bicyclic) bond motifs is 2. The fourth-order valence-electron chi connectivity index (χ4n) is 5.37. The number of nitrogens with zero attached hydrogens (tertiary/aromatic N) is 1. The molecule has 0 amide bonds. The first-order chi connectivity index (χ1) is 16.4. The van der Waals surface area contributed by atoms with Crippen LogP contribution in [0.4, 0.5) is 0 Å². The van der Waals surface area contributed by atoms with Crippen molar-refractivity contribution in [3.05, 3.63) is 114 Å². The third kappa shape index (κ3) is 3.47. The monoisotopic (exact) mass is 469 g/mol. The van der Waals surface area contributed by atoms with Crippen molar-refractivity contribution in [2.75, 3.05) is 13.1 Å². The average molecular weight is 470 g/mol. The summed E-state index contributed by atoms with van der Waals surface area (Å²) in [5.41, 5.74) is 3.65. The average Bonchev–Trinajstić information content (AvgIpc) is 2.87. The molecule has 1 heterocycles. The number of carbonyl (C=O) groups excluding carboxylic acids is 1. The lowest BCUT2D eigenvalue weighted by molar-refractivity contribution is -0.121. The van der Waals surface area contributed by atoms with Gasteiger partial charge in [-0.3, -0.25) is 4.79 Å². The first-order valence-corrected chi connectivity index (χ1v) is 12.9. The second-order valence-corrected chi connectivity index (χ2v) is 11.0. The molecule has 1 fully saturated rings. The van der Waals surface area contributed by atoms with Crippen LogP contribution in [0.1, 0.15) is 28.7 Å². The number of hydrogen-bond acceptors (Lipinski definition) is 3. The van der Waals surface area contributed by atoms with Gasteiger partial charge in [0.25, 0.3) is 0 Å². The van der Waals surface area contributed by atoms with E-state index in [0.29, 0.717) is 12.0 Å². The number of ketones is 1. The van der Waals surface area contributed by atoms with Crippen molar-refractivity contribution < 1.29 is 13.2 Å². The SMILES string of the molecule is C=C[C@@H]1CN(S(=O)(=O)c2ccc(C)cc2)CC[C@]12C(=O)C(c1ccccc1)=Cc1ccccc12. The molecule has 0 unspecified atom stereocenters. The van der Waals surface area contributed by atoms with Crippen molar-refractivity contribution in [2.45, 2.75) is 23.7 Å². The molecule has 1 aliphatic heterocycles. The number of sulfonamides is 1. The molecule has 1 saturated heterocycles. The molecule has 2 aliphatic rings. The molecule has 5 heteroatoms. The van der Waals surface area contributed by atoms with Gasteiger partial charge in [-0.2, -0.15) is 4.31 Å². The molecule has 0 saturated carbocycles. The fourth-order valence-corrected chi connectivity index (χ4v) is 6.83. The molecule has 0 radical (unpaired) electrons. The first-order valence-electron chi connectivity index (χ1n) is 11.5. The summed E-state index contributed by atoms with van der Waals surface area (Å²) >= 11 is 0. The normalized spacial score (nSPS) is 22.8. The van der Waals surface area contributed by atoms with Crippen molar-refractivity contribution >= 4 is 27.5 Å². The van der Waals surface area contributed by atoms with Gasteiger partial charge in [-0.05, 0) is 48.2 Å². The van der Waals surface area contributed by atoms with E-state index < -0.39 is 15.4 Å². The Morgan fingerprint density at radius 2 is 1.65 bits per heavy atom. The van der Waals surface area contributed by atoms with Gasteiger partial charge < -0.3 is 0 Å². The van der Waals surface area contributed by atoms with Gasteiger partial charge in [0.1, 0.15) is 0 Å². The van der Waals surface area contributed by atoms with Crippen molar-refractivity contribution in [3.8, 4) is 0 Å². The molecule has 1 spiro atoms. The molecule has 0 aromatic heterocycles. The van der Waals surface area contributed by atoms with E-state index in [0.717, 1.165) is 22.3 Å². The molecular formula is C29H27NO3S. The van der Waals surface area contributed by atoms with Gasteiger partial charge in [0.05, 0.1) is 10.3 Å². The highest BCUT2D eigenvalue weighted by atomic mass is 32.2. The molecule has 2 atom stereocenters. The fraction of sp³-hybridized carbons (Fsp3) is 0.207. The van der Waals surface area contributed by atoms with Gasteiger partial charge in [-0.1, -0.05) is 78.4 Å². The van der Waals surface area contributed by atoms with Crippen molar-refractivity contribution in [3.63, 3.8) is 0 Å². The van der Waals surface area contributed by atoms with Crippen LogP contribution in [0.2, 0.25) is 0 Å².